The molecule has 2 aliphatic rings. The summed E-state index contributed by atoms with van der Waals surface area (Å²) >= 11 is 12.6. The fraction of sp³-hybridized carbons (Fsp3) is 0.292. The molecule has 2 aromatic carbocycles. The summed E-state index contributed by atoms with van der Waals surface area (Å²) in [4.78, 5) is 16.7. The van der Waals surface area contributed by atoms with Crippen molar-refractivity contribution in [1.82, 2.24) is 4.98 Å². The van der Waals surface area contributed by atoms with Gasteiger partial charge in [-0.15, -0.1) is 0 Å². The number of halogens is 2. The second-order valence-corrected chi connectivity index (χ2v) is 8.93. The van der Waals surface area contributed by atoms with Gasteiger partial charge in [0.15, 0.2) is 0 Å². The summed E-state index contributed by atoms with van der Waals surface area (Å²) in [6, 6.07) is 16.7. The lowest BCUT2D eigenvalue weighted by atomic mass is 9.86. The van der Waals surface area contributed by atoms with Crippen LogP contribution in [0.2, 0.25) is 10.0 Å². The summed E-state index contributed by atoms with van der Waals surface area (Å²) in [6.07, 6.45) is 4.67. The second kappa shape index (κ2) is 7.68. The Morgan fingerprint density at radius 1 is 1.00 bits per heavy atom. The molecule has 4 nitrogen and oxygen atoms in total. The SMILES string of the molecule is O=NC1CC2(CCCC2)Oc2nc(-c3ccccc3Cl)c(-c3ccc(Cl)cc3)cc21. The average molecular weight is 439 g/mol. The van der Waals surface area contributed by atoms with Gasteiger partial charge in [-0.1, -0.05) is 58.7 Å². The summed E-state index contributed by atoms with van der Waals surface area (Å²) in [7, 11) is 0. The number of aromatic nitrogens is 1. The Balaban J connectivity index is 1.73. The Morgan fingerprint density at radius 2 is 1.73 bits per heavy atom. The molecule has 1 saturated carbocycles. The average Bonchev–Trinajstić information content (AvgIpc) is 3.21. The van der Waals surface area contributed by atoms with Crippen LogP contribution in [0.1, 0.15) is 43.7 Å². The molecule has 0 bridgehead atoms. The van der Waals surface area contributed by atoms with Crippen molar-refractivity contribution in [3.63, 3.8) is 0 Å². The third kappa shape index (κ3) is 3.38. The Labute approximate surface area is 185 Å². The highest BCUT2D eigenvalue weighted by Crippen LogP contribution is 2.50. The molecular formula is C24H20Cl2N2O2. The summed E-state index contributed by atoms with van der Waals surface area (Å²) in [5.41, 5.74) is 3.76. The van der Waals surface area contributed by atoms with Crippen molar-refractivity contribution in [2.75, 3.05) is 0 Å². The van der Waals surface area contributed by atoms with Crippen LogP contribution in [0.3, 0.4) is 0 Å². The van der Waals surface area contributed by atoms with Crippen LogP contribution in [0.15, 0.2) is 59.8 Å². The topological polar surface area (TPSA) is 51.5 Å². The minimum Gasteiger partial charge on any atom is -0.471 e. The fourth-order valence-electron chi connectivity index (χ4n) is 4.67. The van der Waals surface area contributed by atoms with Crippen molar-refractivity contribution in [2.24, 2.45) is 5.18 Å². The molecular weight excluding hydrogens is 419 g/mol. The van der Waals surface area contributed by atoms with Gasteiger partial charge >= 0.3 is 0 Å². The molecule has 30 heavy (non-hydrogen) atoms. The number of fused-ring (bicyclic) bond motifs is 1. The van der Waals surface area contributed by atoms with Crippen LogP contribution in [-0.4, -0.2) is 10.6 Å². The Morgan fingerprint density at radius 3 is 2.43 bits per heavy atom. The number of pyridine rings is 1. The Kier molecular flexibility index (Phi) is 5.00. The molecule has 1 fully saturated rings. The maximum Gasteiger partial charge on any atom is 0.220 e. The predicted molar refractivity (Wildman–Crippen MR) is 120 cm³/mol. The monoisotopic (exact) mass is 438 g/mol. The summed E-state index contributed by atoms with van der Waals surface area (Å²) < 4.78 is 6.45. The van der Waals surface area contributed by atoms with Crippen LogP contribution < -0.4 is 4.74 Å². The first kappa shape index (κ1) is 19.5. The molecule has 3 aromatic rings. The van der Waals surface area contributed by atoms with Crippen LogP contribution in [0.4, 0.5) is 0 Å². The van der Waals surface area contributed by atoms with E-state index < -0.39 is 6.04 Å². The third-order valence-corrected chi connectivity index (χ3v) is 6.76. The van der Waals surface area contributed by atoms with Crippen molar-refractivity contribution in [1.29, 1.82) is 0 Å². The maximum absolute atomic E-state index is 11.8. The van der Waals surface area contributed by atoms with Gasteiger partial charge in [-0.3, -0.25) is 0 Å². The first-order valence-corrected chi connectivity index (χ1v) is 10.9. The van der Waals surface area contributed by atoms with Crippen LogP contribution in [0.5, 0.6) is 5.88 Å². The molecule has 1 unspecified atom stereocenters. The highest BCUT2D eigenvalue weighted by Gasteiger charge is 2.45. The van der Waals surface area contributed by atoms with E-state index in [4.69, 9.17) is 32.9 Å². The molecule has 1 aromatic heterocycles. The minimum atomic E-state index is -0.467. The van der Waals surface area contributed by atoms with E-state index in [-0.39, 0.29) is 5.60 Å². The van der Waals surface area contributed by atoms with Crippen LogP contribution >= 0.6 is 23.2 Å². The zero-order chi connectivity index (χ0) is 20.7. The van der Waals surface area contributed by atoms with E-state index in [1.54, 1.807) is 0 Å². The van der Waals surface area contributed by atoms with E-state index in [0.717, 1.165) is 53.6 Å². The standard InChI is InChI=1S/C24H20Cl2N2O2/c25-16-9-7-15(8-10-16)18-13-19-21(28-29)14-24(11-3-4-12-24)30-23(19)27-22(18)17-5-1-2-6-20(17)26/h1-2,5-10,13,21H,3-4,11-12,14H2. The van der Waals surface area contributed by atoms with E-state index in [9.17, 15) is 4.91 Å². The van der Waals surface area contributed by atoms with Gasteiger partial charge < -0.3 is 4.74 Å². The maximum atomic E-state index is 11.8. The zero-order valence-electron chi connectivity index (χ0n) is 16.3. The van der Waals surface area contributed by atoms with E-state index >= 15 is 0 Å². The normalized spacial score (nSPS) is 19.3. The van der Waals surface area contributed by atoms with Crippen molar-refractivity contribution < 1.29 is 4.74 Å². The van der Waals surface area contributed by atoms with E-state index in [0.29, 0.717) is 22.3 Å². The first-order chi connectivity index (χ1) is 14.6. The van der Waals surface area contributed by atoms with Crippen molar-refractivity contribution in [3.8, 4) is 28.3 Å². The second-order valence-electron chi connectivity index (χ2n) is 8.08. The quantitative estimate of drug-likeness (QED) is 0.394. The van der Waals surface area contributed by atoms with Crippen LogP contribution in [-0.2, 0) is 0 Å². The Bertz CT molecular complexity index is 1110. The summed E-state index contributed by atoms with van der Waals surface area (Å²) in [6.45, 7) is 0. The molecule has 152 valence electrons. The summed E-state index contributed by atoms with van der Waals surface area (Å²) in [5, 5.41) is 4.72. The first-order valence-electron chi connectivity index (χ1n) is 10.2. The van der Waals surface area contributed by atoms with Crippen molar-refractivity contribution >= 4 is 23.2 Å². The van der Waals surface area contributed by atoms with Gasteiger partial charge in [0.1, 0.15) is 11.6 Å². The molecule has 1 aliphatic carbocycles. The van der Waals surface area contributed by atoms with E-state index in [2.05, 4.69) is 5.18 Å². The molecule has 5 rings (SSSR count). The Hall–Kier alpha value is -2.43. The molecule has 0 saturated heterocycles. The number of hydrogen-bond donors (Lipinski definition) is 0. The van der Waals surface area contributed by atoms with Gasteiger partial charge in [-0.05, 0) is 55.5 Å². The van der Waals surface area contributed by atoms with Gasteiger partial charge in [0.25, 0.3) is 0 Å². The molecule has 6 heteroatoms. The van der Waals surface area contributed by atoms with Crippen LogP contribution in [0.25, 0.3) is 22.4 Å². The molecule has 1 spiro atoms. The van der Waals surface area contributed by atoms with Gasteiger partial charge in [0, 0.05) is 33.2 Å². The summed E-state index contributed by atoms with van der Waals surface area (Å²) in [5.74, 6) is 0.500. The smallest absolute Gasteiger partial charge is 0.220 e. The van der Waals surface area contributed by atoms with Gasteiger partial charge in [0.05, 0.1) is 5.69 Å². The van der Waals surface area contributed by atoms with E-state index in [1.165, 1.54) is 0 Å². The highest BCUT2D eigenvalue weighted by atomic mass is 35.5. The molecule has 2 heterocycles. The molecule has 0 amide bonds. The number of rotatable bonds is 3. The van der Waals surface area contributed by atoms with Gasteiger partial charge in [-0.25, -0.2) is 4.98 Å². The zero-order valence-corrected chi connectivity index (χ0v) is 17.8. The number of ether oxygens (including phenoxy) is 1. The lowest BCUT2D eigenvalue weighted by Crippen LogP contribution is -2.38. The number of benzene rings is 2. The fourth-order valence-corrected chi connectivity index (χ4v) is 5.02. The number of nitroso groups, excluding NO2 is 1. The highest BCUT2D eigenvalue weighted by molar-refractivity contribution is 6.33. The largest absolute Gasteiger partial charge is 0.471 e. The van der Waals surface area contributed by atoms with Crippen LogP contribution in [0, 0.1) is 4.91 Å². The molecule has 1 aliphatic heterocycles. The number of hydrogen-bond acceptors (Lipinski definition) is 4. The predicted octanol–water partition coefficient (Wildman–Crippen LogP) is 7.63. The van der Waals surface area contributed by atoms with E-state index in [1.807, 2.05) is 54.6 Å². The number of nitrogens with zero attached hydrogens (tertiary/aromatic N) is 2. The molecule has 0 radical (unpaired) electrons. The van der Waals surface area contributed by atoms with Gasteiger partial charge in [0.2, 0.25) is 5.88 Å². The minimum absolute atomic E-state index is 0.335. The van der Waals surface area contributed by atoms with Crippen molar-refractivity contribution in [3.05, 3.63) is 75.1 Å². The molecule has 0 N–H and O–H groups in total. The lowest BCUT2D eigenvalue weighted by Gasteiger charge is -2.37. The third-order valence-electron chi connectivity index (χ3n) is 6.18. The molecule has 1 atom stereocenters. The van der Waals surface area contributed by atoms with Crippen molar-refractivity contribution in [2.45, 2.75) is 43.7 Å². The lowest BCUT2D eigenvalue weighted by molar-refractivity contribution is 0.0374. The van der Waals surface area contributed by atoms with Gasteiger partial charge in [-0.2, -0.15) is 4.91 Å².